The van der Waals surface area contributed by atoms with Gasteiger partial charge in [-0.05, 0) is 51.0 Å². The minimum Gasteiger partial charge on any atom is -0.356 e. The van der Waals surface area contributed by atoms with Crippen LogP contribution in [0.15, 0.2) is 35.2 Å². The van der Waals surface area contributed by atoms with Crippen molar-refractivity contribution in [3.63, 3.8) is 0 Å². The van der Waals surface area contributed by atoms with E-state index >= 15 is 0 Å². The molecule has 0 spiro atoms. The molecule has 2 aliphatic rings. The van der Waals surface area contributed by atoms with E-state index in [9.17, 15) is 9.59 Å². The second-order valence-corrected chi connectivity index (χ2v) is 8.66. The van der Waals surface area contributed by atoms with E-state index in [0.29, 0.717) is 17.8 Å². The summed E-state index contributed by atoms with van der Waals surface area (Å²) in [7, 11) is 0. The molecule has 2 N–H and O–H groups in total. The van der Waals surface area contributed by atoms with Gasteiger partial charge in [-0.2, -0.15) is 0 Å². The normalized spacial score (nSPS) is 18.6. The average Bonchev–Trinajstić information content (AvgIpc) is 3.22. The van der Waals surface area contributed by atoms with E-state index in [1.807, 2.05) is 32.0 Å². The van der Waals surface area contributed by atoms with Gasteiger partial charge < -0.3 is 15.5 Å². The molecule has 0 bridgehead atoms. The minimum atomic E-state index is -0.159. The Balaban J connectivity index is 1.48. The van der Waals surface area contributed by atoms with E-state index in [4.69, 9.17) is 4.98 Å². The van der Waals surface area contributed by atoms with Crippen LogP contribution in [0.25, 0.3) is 0 Å². The number of aromatic nitrogens is 1. The number of anilines is 2. The van der Waals surface area contributed by atoms with Crippen LogP contribution in [-0.2, 0) is 11.3 Å². The number of thioether (sulfide) groups is 1. The SMILES string of the molecule is Cc1ccc(CNC(=O)c2ccc3c(c2)NC(=O)C(C)S3)c(N2CCCC2)n1. The molecule has 0 saturated carbocycles. The Morgan fingerprint density at radius 3 is 2.86 bits per heavy atom. The standard InChI is InChI=1S/C21H24N4O2S/c1-13-5-6-16(19(23-13)25-9-3-4-10-25)12-22-21(27)15-7-8-18-17(11-15)24-20(26)14(2)28-18/h5-8,11,14H,3-4,9-10,12H2,1-2H3,(H,22,27)(H,24,26). The average molecular weight is 397 g/mol. The van der Waals surface area contributed by atoms with E-state index in [2.05, 4.69) is 15.5 Å². The van der Waals surface area contributed by atoms with E-state index in [-0.39, 0.29) is 17.1 Å². The molecule has 1 saturated heterocycles. The van der Waals surface area contributed by atoms with Gasteiger partial charge in [0.1, 0.15) is 5.82 Å². The topological polar surface area (TPSA) is 74.3 Å². The van der Waals surface area contributed by atoms with Gasteiger partial charge in [-0.25, -0.2) is 4.98 Å². The molecule has 1 unspecified atom stereocenters. The first kappa shape index (κ1) is 18.8. The molecule has 1 aromatic carbocycles. The Labute approximate surface area is 169 Å². The second-order valence-electron chi connectivity index (χ2n) is 7.27. The lowest BCUT2D eigenvalue weighted by molar-refractivity contribution is -0.115. The lowest BCUT2D eigenvalue weighted by Gasteiger charge is -2.22. The van der Waals surface area contributed by atoms with Crippen LogP contribution in [-0.4, -0.2) is 35.1 Å². The number of hydrogen-bond acceptors (Lipinski definition) is 5. The van der Waals surface area contributed by atoms with E-state index < -0.39 is 0 Å². The maximum Gasteiger partial charge on any atom is 0.251 e. The van der Waals surface area contributed by atoms with Gasteiger partial charge in [0.05, 0.1) is 10.9 Å². The van der Waals surface area contributed by atoms with E-state index in [1.165, 1.54) is 24.6 Å². The van der Waals surface area contributed by atoms with E-state index in [0.717, 1.165) is 35.1 Å². The van der Waals surface area contributed by atoms with Crippen LogP contribution in [0.1, 0.15) is 41.4 Å². The monoisotopic (exact) mass is 396 g/mol. The molecular weight excluding hydrogens is 372 g/mol. The predicted octanol–water partition coefficient (Wildman–Crippen LogP) is 3.35. The highest BCUT2D eigenvalue weighted by molar-refractivity contribution is 8.00. The fourth-order valence-electron chi connectivity index (χ4n) is 3.54. The Kier molecular flexibility index (Phi) is 5.26. The highest BCUT2D eigenvalue weighted by Crippen LogP contribution is 2.36. The first-order valence-electron chi connectivity index (χ1n) is 9.62. The smallest absolute Gasteiger partial charge is 0.251 e. The van der Waals surface area contributed by atoms with Gasteiger partial charge in [0, 0.05) is 41.4 Å². The maximum atomic E-state index is 12.7. The Morgan fingerprint density at radius 2 is 2.07 bits per heavy atom. The molecule has 4 rings (SSSR count). The molecular formula is C21H24N4O2S. The van der Waals surface area contributed by atoms with Crippen molar-refractivity contribution >= 4 is 35.1 Å². The summed E-state index contributed by atoms with van der Waals surface area (Å²) in [5, 5.41) is 5.75. The molecule has 1 aromatic heterocycles. The summed E-state index contributed by atoms with van der Waals surface area (Å²) in [6.45, 7) is 6.31. The summed E-state index contributed by atoms with van der Waals surface area (Å²) >= 11 is 1.51. The van der Waals surface area contributed by atoms with Crippen molar-refractivity contribution in [3.05, 3.63) is 47.2 Å². The molecule has 0 radical (unpaired) electrons. The summed E-state index contributed by atoms with van der Waals surface area (Å²) in [5.41, 5.74) is 3.25. The Bertz CT molecular complexity index is 925. The first-order valence-corrected chi connectivity index (χ1v) is 10.5. The van der Waals surface area contributed by atoms with Gasteiger partial charge in [-0.15, -0.1) is 11.8 Å². The fraction of sp³-hybridized carbons (Fsp3) is 0.381. The van der Waals surface area contributed by atoms with Crippen LogP contribution in [0.5, 0.6) is 0 Å². The van der Waals surface area contributed by atoms with Crippen molar-refractivity contribution in [2.45, 2.75) is 43.4 Å². The number of aryl methyl sites for hydroxylation is 1. The zero-order valence-electron chi connectivity index (χ0n) is 16.1. The molecule has 1 fully saturated rings. The second kappa shape index (κ2) is 7.83. The van der Waals surface area contributed by atoms with Crippen molar-refractivity contribution in [1.29, 1.82) is 0 Å². The van der Waals surface area contributed by atoms with Crippen LogP contribution < -0.4 is 15.5 Å². The molecule has 28 heavy (non-hydrogen) atoms. The van der Waals surface area contributed by atoms with Gasteiger partial charge in [-0.3, -0.25) is 9.59 Å². The van der Waals surface area contributed by atoms with Gasteiger partial charge in [-0.1, -0.05) is 6.07 Å². The molecule has 3 heterocycles. The lowest BCUT2D eigenvalue weighted by atomic mass is 10.1. The molecule has 2 amide bonds. The molecule has 1 atom stereocenters. The summed E-state index contributed by atoms with van der Waals surface area (Å²) in [6.07, 6.45) is 2.36. The van der Waals surface area contributed by atoms with Crippen molar-refractivity contribution in [2.75, 3.05) is 23.3 Å². The van der Waals surface area contributed by atoms with Gasteiger partial charge >= 0.3 is 0 Å². The Hall–Kier alpha value is -2.54. The predicted molar refractivity (Wildman–Crippen MR) is 112 cm³/mol. The number of pyridine rings is 1. The third kappa shape index (κ3) is 3.85. The van der Waals surface area contributed by atoms with Crippen molar-refractivity contribution in [1.82, 2.24) is 10.3 Å². The summed E-state index contributed by atoms with van der Waals surface area (Å²) in [4.78, 5) is 32.6. The number of nitrogens with zero attached hydrogens (tertiary/aromatic N) is 2. The number of rotatable bonds is 4. The number of amides is 2. The number of carbonyl (C=O) groups is 2. The summed E-state index contributed by atoms with van der Waals surface area (Å²) in [6, 6.07) is 9.47. The zero-order chi connectivity index (χ0) is 19.7. The maximum absolute atomic E-state index is 12.7. The van der Waals surface area contributed by atoms with Crippen molar-refractivity contribution < 1.29 is 9.59 Å². The van der Waals surface area contributed by atoms with Crippen molar-refractivity contribution in [2.24, 2.45) is 0 Å². The van der Waals surface area contributed by atoms with Crippen LogP contribution in [0.2, 0.25) is 0 Å². The minimum absolute atomic E-state index is 0.0314. The fourth-order valence-corrected chi connectivity index (χ4v) is 4.47. The third-order valence-corrected chi connectivity index (χ3v) is 6.29. The quantitative estimate of drug-likeness (QED) is 0.829. The zero-order valence-corrected chi connectivity index (χ0v) is 16.9. The Morgan fingerprint density at radius 1 is 1.29 bits per heavy atom. The molecule has 2 aromatic rings. The lowest BCUT2D eigenvalue weighted by Crippen LogP contribution is -2.28. The highest BCUT2D eigenvalue weighted by Gasteiger charge is 2.24. The molecule has 0 aliphatic carbocycles. The number of carbonyl (C=O) groups excluding carboxylic acids is 2. The van der Waals surface area contributed by atoms with Crippen LogP contribution in [0, 0.1) is 6.92 Å². The van der Waals surface area contributed by atoms with Gasteiger partial charge in [0.2, 0.25) is 5.91 Å². The third-order valence-electron chi connectivity index (χ3n) is 5.11. The number of nitrogens with one attached hydrogen (secondary N) is 2. The summed E-state index contributed by atoms with van der Waals surface area (Å²) in [5.74, 6) is 0.783. The van der Waals surface area contributed by atoms with Crippen LogP contribution in [0.3, 0.4) is 0 Å². The molecule has 2 aliphatic heterocycles. The van der Waals surface area contributed by atoms with E-state index in [1.54, 1.807) is 12.1 Å². The number of fused-ring (bicyclic) bond motifs is 1. The van der Waals surface area contributed by atoms with Crippen molar-refractivity contribution in [3.8, 4) is 0 Å². The van der Waals surface area contributed by atoms with Gasteiger partial charge in [0.15, 0.2) is 0 Å². The highest BCUT2D eigenvalue weighted by atomic mass is 32.2. The number of hydrogen-bond donors (Lipinski definition) is 2. The van der Waals surface area contributed by atoms with Gasteiger partial charge in [0.25, 0.3) is 5.91 Å². The summed E-state index contributed by atoms with van der Waals surface area (Å²) < 4.78 is 0. The van der Waals surface area contributed by atoms with Crippen LogP contribution >= 0.6 is 11.8 Å². The first-order chi connectivity index (χ1) is 13.5. The molecule has 146 valence electrons. The largest absolute Gasteiger partial charge is 0.356 e. The number of benzene rings is 1. The van der Waals surface area contributed by atoms with Crippen LogP contribution in [0.4, 0.5) is 11.5 Å². The molecule has 6 nitrogen and oxygen atoms in total. The molecule has 7 heteroatoms.